The van der Waals surface area contributed by atoms with Gasteiger partial charge in [-0.05, 0) is 56.2 Å². The van der Waals surface area contributed by atoms with Crippen molar-refractivity contribution < 1.29 is 4.79 Å². The molecule has 1 aromatic rings. The van der Waals surface area contributed by atoms with Gasteiger partial charge < -0.3 is 15.1 Å². The highest BCUT2D eigenvalue weighted by Gasteiger charge is 2.25. The van der Waals surface area contributed by atoms with E-state index in [1.807, 2.05) is 24.3 Å². The van der Waals surface area contributed by atoms with Crippen molar-refractivity contribution in [3.05, 3.63) is 29.8 Å². The lowest BCUT2D eigenvalue weighted by molar-refractivity contribution is 0.101. The van der Waals surface area contributed by atoms with Gasteiger partial charge in [0.2, 0.25) is 0 Å². The zero-order chi connectivity index (χ0) is 14.8. The van der Waals surface area contributed by atoms with Gasteiger partial charge >= 0.3 is 0 Å². The van der Waals surface area contributed by atoms with Gasteiger partial charge in [0.1, 0.15) is 0 Å². The molecule has 0 aromatic heterocycles. The van der Waals surface area contributed by atoms with E-state index in [0.717, 1.165) is 36.9 Å². The Kier molecular flexibility index (Phi) is 4.10. The van der Waals surface area contributed by atoms with Crippen LogP contribution in [0.2, 0.25) is 0 Å². The molecule has 1 heterocycles. The number of Topliss-reactive ketones (excluding diaryl/α,β-unsaturated/α-hetero) is 1. The summed E-state index contributed by atoms with van der Waals surface area (Å²) < 4.78 is 0. The van der Waals surface area contributed by atoms with E-state index in [-0.39, 0.29) is 5.78 Å². The SMILES string of the molecule is CC(=O)c1ccc(N2CCN(C(=S)NC3CC3)CC2)cc1. The van der Waals surface area contributed by atoms with Crippen molar-refractivity contribution in [2.75, 3.05) is 31.1 Å². The fourth-order valence-corrected chi connectivity index (χ4v) is 2.92. The van der Waals surface area contributed by atoms with Crippen molar-refractivity contribution in [1.29, 1.82) is 0 Å². The molecule has 3 rings (SSSR count). The predicted molar refractivity (Wildman–Crippen MR) is 89.0 cm³/mol. The number of hydrogen-bond acceptors (Lipinski definition) is 3. The summed E-state index contributed by atoms with van der Waals surface area (Å²) in [5, 5.41) is 4.31. The van der Waals surface area contributed by atoms with Crippen molar-refractivity contribution in [3.8, 4) is 0 Å². The average Bonchev–Trinajstić information content (AvgIpc) is 3.31. The third-order valence-electron chi connectivity index (χ3n) is 4.11. The number of nitrogens with zero attached hydrogens (tertiary/aromatic N) is 2. The van der Waals surface area contributed by atoms with Crippen LogP contribution in [-0.4, -0.2) is 48.0 Å². The number of benzene rings is 1. The number of anilines is 1. The van der Waals surface area contributed by atoms with Gasteiger partial charge in [0, 0.05) is 43.5 Å². The molecule has 2 fully saturated rings. The van der Waals surface area contributed by atoms with Crippen molar-refractivity contribution in [2.24, 2.45) is 0 Å². The number of ketones is 1. The zero-order valence-corrected chi connectivity index (χ0v) is 13.2. The first-order valence-corrected chi connectivity index (χ1v) is 7.96. The third kappa shape index (κ3) is 3.53. The van der Waals surface area contributed by atoms with E-state index in [9.17, 15) is 4.79 Å². The first kappa shape index (κ1) is 14.3. The Balaban J connectivity index is 1.54. The number of thiocarbonyl (C=S) groups is 1. The molecule has 4 nitrogen and oxygen atoms in total. The predicted octanol–water partition coefficient (Wildman–Crippen LogP) is 2.05. The molecule has 5 heteroatoms. The summed E-state index contributed by atoms with van der Waals surface area (Å²) in [7, 11) is 0. The maximum atomic E-state index is 11.3. The number of rotatable bonds is 3. The molecule has 0 amide bonds. The summed E-state index contributed by atoms with van der Waals surface area (Å²) >= 11 is 5.45. The largest absolute Gasteiger partial charge is 0.368 e. The third-order valence-corrected chi connectivity index (χ3v) is 4.49. The highest BCUT2D eigenvalue weighted by molar-refractivity contribution is 7.80. The molecule has 0 atom stereocenters. The van der Waals surface area contributed by atoms with E-state index in [1.165, 1.54) is 18.5 Å². The average molecular weight is 303 g/mol. The standard InChI is InChI=1S/C16H21N3OS/c1-12(20)13-2-6-15(7-3-13)18-8-10-19(11-9-18)16(21)17-14-4-5-14/h2-3,6-7,14H,4-5,8-11H2,1H3,(H,17,21). The van der Waals surface area contributed by atoms with Crippen LogP contribution < -0.4 is 10.2 Å². The van der Waals surface area contributed by atoms with Gasteiger partial charge in [0.15, 0.2) is 10.9 Å². The lowest BCUT2D eigenvalue weighted by atomic mass is 10.1. The fraction of sp³-hybridized carbons (Fsp3) is 0.500. The maximum absolute atomic E-state index is 11.3. The number of carbonyl (C=O) groups is 1. The van der Waals surface area contributed by atoms with Gasteiger partial charge in [-0.25, -0.2) is 0 Å². The maximum Gasteiger partial charge on any atom is 0.169 e. The molecule has 0 radical (unpaired) electrons. The summed E-state index contributed by atoms with van der Waals surface area (Å²) in [6.45, 7) is 5.43. The van der Waals surface area contributed by atoms with Gasteiger partial charge in [-0.3, -0.25) is 4.79 Å². The van der Waals surface area contributed by atoms with E-state index >= 15 is 0 Å². The van der Waals surface area contributed by atoms with Crippen LogP contribution in [0.15, 0.2) is 24.3 Å². The van der Waals surface area contributed by atoms with E-state index in [2.05, 4.69) is 15.1 Å². The van der Waals surface area contributed by atoms with Crippen molar-refractivity contribution in [3.63, 3.8) is 0 Å². The van der Waals surface area contributed by atoms with Crippen molar-refractivity contribution in [2.45, 2.75) is 25.8 Å². The van der Waals surface area contributed by atoms with Gasteiger partial charge in [-0.1, -0.05) is 0 Å². The summed E-state index contributed by atoms with van der Waals surface area (Å²) in [5.74, 6) is 0.114. The lowest BCUT2D eigenvalue weighted by Gasteiger charge is -2.37. The van der Waals surface area contributed by atoms with Crippen LogP contribution in [0, 0.1) is 0 Å². The molecular formula is C16H21N3OS. The van der Waals surface area contributed by atoms with Crippen LogP contribution in [0.4, 0.5) is 5.69 Å². The Morgan fingerprint density at radius 2 is 1.76 bits per heavy atom. The summed E-state index contributed by atoms with van der Waals surface area (Å²) in [6, 6.07) is 8.50. The Labute approximate surface area is 131 Å². The molecule has 112 valence electrons. The topological polar surface area (TPSA) is 35.6 Å². The Hall–Kier alpha value is -1.62. The van der Waals surface area contributed by atoms with Crippen molar-refractivity contribution in [1.82, 2.24) is 10.2 Å². The van der Waals surface area contributed by atoms with Gasteiger partial charge in [0.25, 0.3) is 0 Å². The van der Waals surface area contributed by atoms with Gasteiger partial charge in [-0.2, -0.15) is 0 Å². The van der Waals surface area contributed by atoms with Crippen LogP contribution in [0.1, 0.15) is 30.1 Å². The minimum atomic E-state index is 0.114. The van der Waals surface area contributed by atoms with Crippen LogP contribution in [0.5, 0.6) is 0 Å². The van der Waals surface area contributed by atoms with Crippen LogP contribution in [0.25, 0.3) is 0 Å². The molecule has 1 saturated heterocycles. The van der Waals surface area contributed by atoms with E-state index < -0.39 is 0 Å². The minimum absolute atomic E-state index is 0.114. The molecule has 1 saturated carbocycles. The Bertz CT molecular complexity index is 531. The summed E-state index contributed by atoms with van der Waals surface area (Å²) in [4.78, 5) is 15.9. The van der Waals surface area contributed by atoms with Crippen LogP contribution >= 0.6 is 12.2 Å². The number of nitrogens with one attached hydrogen (secondary N) is 1. The smallest absolute Gasteiger partial charge is 0.169 e. The molecule has 1 aliphatic heterocycles. The zero-order valence-electron chi connectivity index (χ0n) is 12.3. The summed E-state index contributed by atoms with van der Waals surface area (Å²) in [6.07, 6.45) is 2.51. The van der Waals surface area contributed by atoms with Gasteiger partial charge in [0.05, 0.1) is 0 Å². The minimum Gasteiger partial charge on any atom is -0.368 e. The number of carbonyl (C=O) groups excluding carboxylic acids is 1. The first-order valence-electron chi connectivity index (χ1n) is 7.55. The highest BCUT2D eigenvalue weighted by atomic mass is 32.1. The molecule has 0 spiro atoms. The fourth-order valence-electron chi connectivity index (χ4n) is 2.57. The molecule has 1 N–H and O–H groups in total. The molecule has 1 aliphatic carbocycles. The second-order valence-corrected chi connectivity index (χ2v) is 6.19. The van der Waals surface area contributed by atoms with E-state index in [4.69, 9.17) is 12.2 Å². The van der Waals surface area contributed by atoms with E-state index in [1.54, 1.807) is 6.92 Å². The van der Waals surface area contributed by atoms with Crippen molar-refractivity contribution >= 4 is 28.8 Å². The normalized spacial score (nSPS) is 18.5. The second kappa shape index (κ2) is 6.02. The molecule has 2 aliphatic rings. The van der Waals surface area contributed by atoms with Crippen LogP contribution in [-0.2, 0) is 0 Å². The van der Waals surface area contributed by atoms with Crippen LogP contribution in [0.3, 0.4) is 0 Å². The molecule has 1 aromatic carbocycles. The first-order chi connectivity index (χ1) is 10.1. The Morgan fingerprint density at radius 1 is 1.14 bits per heavy atom. The molecule has 21 heavy (non-hydrogen) atoms. The molecular weight excluding hydrogens is 282 g/mol. The second-order valence-electron chi connectivity index (χ2n) is 5.80. The Morgan fingerprint density at radius 3 is 2.29 bits per heavy atom. The highest BCUT2D eigenvalue weighted by Crippen LogP contribution is 2.20. The van der Waals surface area contributed by atoms with E-state index in [0.29, 0.717) is 6.04 Å². The molecule has 0 bridgehead atoms. The lowest BCUT2D eigenvalue weighted by Crippen LogP contribution is -2.52. The quantitative estimate of drug-likeness (QED) is 0.683. The monoisotopic (exact) mass is 303 g/mol. The number of piperazine rings is 1. The van der Waals surface area contributed by atoms with Gasteiger partial charge in [-0.15, -0.1) is 0 Å². The summed E-state index contributed by atoms with van der Waals surface area (Å²) in [5.41, 5.74) is 1.95. The number of hydrogen-bond donors (Lipinski definition) is 1. The molecule has 0 unspecified atom stereocenters.